The molecule has 4 heteroatoms. The van der Waals surface area contributed by atoms with Crippen LogP contribution in [0.3, 0.4) is 0 Å². The van der Waals surface area contributed by atoms with Crippen LogP contribution >= 0.6 is 0 Å². The summed E-state index contributed by atoms with van der Waals surface area (Å²) in [4.78, 5) is 24.7. The van der Waals surface area contributed by atoms with E-state index in [1.165, 1.54) is 0 Å². The Hall–Kier alpha value is -1.84. The topological polar surface area (TPSA) is 60.4 Å². The molecule has 4 nitrogen and oxygen atoms in total. The minimum atomic E-state index is -1.13. The number of nitrogens with zero attached hydrogens (tertiary/aromatic N) is 1. The number of hydrogen-bond donors (Lipinski definition) is 0. The standard InChI is InChI=1S/C14H17NO3/c1-9(2)8-15-12(7-13(16)17)10-5-3-4-6-11(10)14(15)18/h3-6,9,12H,7-8H2,1-2H3,(H,16,17)/p-1. The summed E-state index contributed by atoms with van der Waals surface area (Å²) in [5.74, 6) is -0.906. The Morgan fingerprint density at radius 2 is 2.06 bits per heavy atom. The van der Waals surface area contributed by atoms with Crippen LogP contribution in [0.15, 0.2) is 24.3 Å². The first kappa shape index (κ1) is 12.6. The summed E-state index contributed by atoms with van der Waals surface area (Å²) in [6.07, 6.45) is -0.143. The second-order valence-electron chi connectivity index (χ2n) is 5.03. The number of fused-ring (bicyclic) bond motifs is 1. The number of rotatable bonds is 4. The number of carboxylic acid groups (broad SMARTS) is 1. The summed E-state index contributed by atoms with van der Waals surface area (Å²) in [7, 11) is 0. The quantitative estimate of drug-likeness (QED) is 0.795. The Morgan fingerprint density at radius 3 is 2.67 bits per heavy atom. The van der Waals surface area contributed by atoms with Gasteiger partial charge in [-0.3, -0.25) is 4.79 Å². The maximum Gasteiger partial charge on any atom is 0.254 e. The van der Waals surface area contributed by atoms with Gasteiger partial charge in [0.15, 0.2) is 0 Å². The van der Waals surface area contributed by atoms with Gasteiger partial charge in [0.25, 0.3) is 5.91 Å². The molecule has 0 N–H and O–H groups in total. The third-order valence-electron chi connectivity index (χ3n) is 3.11. The van der Waals surface area contributed by atoms with Crippen molar-refractivity contribution in [2.24, 2.45) is 5.92 Å². The second kappa shape index (κ2) is 4.80. The van der Waals surface area contributed by atoms with Gasteiger partial charge in [-0.1, -0.05) is 32.0 Å². The molecule has 0 bridgehead atoms. The first-order valence-electron chi connectivity index (χ1n) is 6.10. The molecule has 0 aromatic heterocycles. The minimum Gasteiger partial charge on any atom is -0.550 e. The van der Waals surface area contributed by atoms with Crippen molar-refractivity contribution < 1.29 is 14.7 Å². The average Bonchev–Trinajstić information content (AvgIpc) is 2.54. The van der Waals surface area contributed by atoms with Crippen LogP contribution in [0.2, 0.25) is 0 Å². The number of carbonyl (C=O) groups excluding carboxylic acids is 2. The van der Waals surface area contributed by atoms with Gasteiger partial charge in [-0.15, -0.1) is 0 Å². The van der Waals surface area contributed by atoms with E-state index in [-0.39, 0.29) is 18.4 Å². The van der Waals surface area contributed by atoms with Gasteiger partial charge in [0.2, 0.25) is 0 Å². The molecule has 0 saturated carbocycles. The normalized spacial score (nSPS) is 18.3. The van der Waals surface area contributed by atoms with Gasteiger partial charge in [-0.2, -0.15) is 0 Å². The molecule has 18 heavy (non-hydrogen) atoms. The van der Waals surface area contributed by atoms with E-state index >= 15 is 0 Å². The molecule has 1 aliphatic heterocycles. The molecule has 1 amide bonds. The molecule has 0 saturated heterocycles. The van der Waals surface area contributed by atoms with Gasteiger partial charge in [-0.25, -0.2) is 0 Å². The Kier molecular flexibility index (Phi) is 3.36. The van der Waals surface area contributed by atoms with E-state index in [4.69, 9.17) is 0 Å². The zero-order chi connectivity index (χ0) is 13.3. The van der Waals surface area contributed by atoms with Crippen LogP contribution in [-0.2, 0) is 4.79 Å². The van der Waals surface area contributed by atoms with E-state index < -0.39 is 5.97 Å². The summed E-state index contributed by atoms with van der Waals surface area (Å²) in [6.45, 7) is 4.57. The van der Waals surface area contributed by atoms with Crippen LogP contribution in [0.4, 0.5) is 0 Å². The summed E-state index contributed by atoms with van der Waals surface area (Å²) >= 11 is 0. The lowest BCUT2D eigenvalue weighted by Gasteiger charge is -2.27. The van der Waals surface area contributed by atoms with E-state index in [1.807, 2.05) is 26.0 Å². The summed E-state index contributed by atoms with van der Waals surface area (Å²) < 4.78 is 0. The molecular weight excluding hydrogens is 230 g/mol. The molecule has 1 atom stereocenters. The van der Waals surface area contributed by atoms with Crippen molar-refractivity contribution in [2.75, 3.05) is 6.54 Å². The smallest absolute Gasteiger partial charge is 0.254 e. The summed E-state index contributed by atoms with van der Waals surface area (Å²) in [6, 6.07) is 6.81. The minimum absolute atomic E-state index is 0.0782. The highest BCUT2D eigenvalue weighted by molar-refractivity contribution is 5.99. The van der Waals surface area contributed by atoms with E-state index in [0.29, 0.717) is 18.0 Å². The van der Waals surface area contributed by atoms with Crippen molar-refractivity contribution in [3.8, 4) is 0 Å². The SMILES string of the molecule is CC(C)CN1C(=O)c2ccccc2C1CC(=O)[O-]. The number of carbonyl (C=O) groups is 2. The van der Waals surface area contributed by atoms with Crippen LogP contribution in [0.5, 0.6) is 0 Å². The van der Waals surface area contributed by atoms with Crippen LogP contribution in [0, 0.1) is 5.92 Å². The Balaban J connectivity index is 2.36. The highest BCUT2D eigenvalue weighted by atomic mass is 16.4. The van der Waals surface area contributed by atoms with Crippen LogP contribution in [0.25, 0.3) is 0 Å². The van der Waals surface area contributed by atoms with Crippen molar-refractivity contribution in [3.63, 3.8) is 0 Å². The molecule has 0 fully saturated rings. The van der Waals surface area contributed by atoms with E-state index in [1.54, 1.807) is 17.0 Å². The highest BCUT2D eigenvalue weighted by Gasteiger charge is 2.36. The molecule has 1 unspecified atom stereocenters. The molecule has 0 spiro atoms. The number of carboxylic acids is 1. The first-order valence-corrected chi connectivity index (χ1v) is 6.10. The van der Waals surface area contributed by atoms with Crippen molar-refractivity contribution >= 4 is 11.9 Å². The maximum absolute atomic E-state index is 12.2. The lowest BCUT2D eigenvalue weighted by molar-refractivity contribution is -0.306. The van der Waals surface area contributed by atoms with E-state index in [9.17, 15) is 14.7 Å². The summed E-state index contributed by atoms with van der Waals surface area (Å²) in [5, 5.41) is 10.9. The van der Waals surface area contributed by atoms with Gasteiger partial charge in [0.1, 0.15) is 0 Å². The fraction of sp³-hybridized carbons (Fsp3) is 0.429. The third-order valence-corrected chi connectivity index (χ3v) is 3.11. The van der Waals surface area contributed by atoms with Gasteiger partial charge in [0, 0.05) is 24.5 Å². The number of hydrogen-bond acceptors (Lipinski definition) is 3. The van der Waals surface area contributed by atoms with Crippen molar-refractivity contribution in [1.82, 2.24) is 4.90 Å². The average molecular weight is 246 g/mol. The Labute approximate surface area is 106 Å². The lowest BCUT2D eigenvalue weighted by atomic mass is 10.0. The van der Waals surface area contributed by atoms with Crippen LogP contribution in [0.1, 0.15) is 42.2 Å². The lowest BCUT2D eigenvalue weighted by Crippen LogP contribution is -2.35. The Morgan fingerprint density at radius 1 is 1.39 bits per heavy atom. The fourth-order valence-corrected chi connectivity index (χ4v) is 2.43. The van der Waals surface area contributed by atoms with Gasteiger partial charge in [0.05, 0.1) is 6.04 Å². The van der Waals surface area contributed by atoms with E-state index in [0.717, 1.165) is 5.56 Å². The zero-order valence-corrected chi connectivity index (χ0v) is 10.6. The fourth-order valence-electron chi connectivity index (χ4n) is 2.43. The van der Waals surface area contributed by atoms with Crippen molar-refractivity contribution in [1.29, 1.82) is 0 Å². The second-order valence-corrected chi connectivity index (χ2v) is 5.03. The molecular formula is C14H16NO3-. The van der Waals surface area contributed by atoms with Gasteiger partial charge < -0.3 is 14.8 Å². The number of amides is 1. The summed E-state index contributed by atoms with van der Waals surface area (Å²) in [5.41, 5.74) is 1.41. The van der Waals surface area contributed by atoms with E-state index in [2.05, 4.69) is 0 Å². The predicted octanol–water partition coefficient (Wildman–Crippen LogP) is 0.979. The zero-order valence-electron chi connectivity index (χ0n) is 10.6. The van der Waals surface area contributed by atoms with Crippen LogP contribution < -0.4 is 5.11 Å². The first-order chi connectivity index (χ1) is 8.50. The molecule has 0 aliphatic carbocycles. The van der Waals surface area contributed by atoms with Crippen LogP contribution in [-0.4, -0.2) is 23.3 Å². The largest absolute Gasteiger partial charge is 0.550 e. The molecule has 96 valence electrons. The predicted molar refractivity (Wildman–Crippen MR) is 64.7 cm³/mol. The Bertz CT molecular complexity index is 482. The highest BCUT2D eigenvalue weighted by Crippen LogP contribution is 2.35. The molecule has 1 aliphatic rings. The number of benzene rings is 1. The molecule has 1 aromatic rings. The van der Waals surface area contributed by atoms with Crippen molar-refractivity contribution in [3.05, 3.63) is 35.4 Å². The monoisotopic (exact) mass is 246 g/mol. The third kappa shape index (κ3) is 2.23. The van der Waals surface area contributed by atoms with Gasteiger partial charge in [-0.05, 0) is 17.5 Å². The molecule has 0 radical (unpaired) electrons. The van der Waals surface area contributed by atoms with Gasteiger partial charge >= 0.3 is 0 Å². The molecule has 2 rings (SSSR count). The number of aliphatic carboxylic acids is 1. The maximum atomic E-state index is 12.2. The molecule has 1 aromatic carbocycles. The van der Waals surface area contributed by atoms with Crippen molar-refractivity contribution in [2.45, 2.75) is 26.3 Å². The molecule has 1 heterocycles.